The Labute approximate surface area is 329 Å². The largest absolute Gasteiger partial charge is 0.354 e. The third kappa shape index (κ3) is 6.12. The minimum Gasteiger partial charge on any atom is -0.354 e. The summed E-state index contributed by atoms with van der Waals surface area (Å²) in [6, 6.07) is 35.5. The molecule has 4 heteroatoms. The molecule has 7 aromatic rings. The van der Waals surface area contributed by atoms with Gasteiger partial charge in [-0.1, -0.05) is 95.1 Å². The molecule has 3 aromatic heterocycles. The zero-order valence-corrected chi connectivity index (χ0v) is 33.4. The average molecular weight is 727 g/mol. The highest BCUT2D eigenvalue weighted by molar-refractivity contribution is 6.01. The van der Waals surface area contributed by atoms with E-state index in [1.165, 1.54) is 55.6 Å². The number of fused-ring (bicyclic) bond motifs is 8. The lowest BCUT2D eigenvalue weighted by atomic mass is 9.92. The van der Waals surface area contributed by atoms with Gasteiger partial charge in [0, 0.05) is 44.3 Å². The first-order chi connectivity index (χ1) is 27.0. The molecule has 4 aromatic carbocycles. The molecule has 0 fully saturated rings. The van der Waals surface area contributed by atoms with Crippen molar-refractivity contribution < 1.29 is 0 Å². The van der Waals surface area contributed by atoms with E-state index in [0.717, 1.165) is 78.2 Å². The number of hydrogen-bond donors (Lipinski definition) is 2. The monoisotopic (exact) mass is 726 g/mol. The van der Waals surface area contributed by atoms with E-state index in [-0.39, 0.29) is 0 Å². The van der Waals surface area contributed by atoms with Crippen LogP contribution in [0.1, 0.15) is 67.3 Å². The lowest BCUT2D eigenvalue weighted by molar-refractivity contribution is 1.25. The second kappa shape index (κ2) is 13.6. The minimum absolute atomic E-state index is 0.903. The highest BCUT2D eigenvalue weighted by Crippen LogP contribution is 2.41. The van der Waals surface area contributed by atoms with Crippen LogP contribution in [0.25, 0.3) is 90.9 Å². The Morgan fingerprint density at radius 3 is 0.964 bits per heavy atom. The number of H-pyrrole nitrogens is 2. The minimum atomic E-state index is 0.903. The average Bonchev–Trinajstić information content (AvgIpc) is 3.99. The van der Waals surface area contributed by atoms with Crippen LogP contribution < -0.4 is 0 Å². The molecule has 2 N–H and O–H groups in total. The maximum absolute atomic E-state index is 5.51. The summed E-state index contributed by atoms with van der Waals surface area (Å²) in [6.07, 6.45) is 8.69. The van der Waals surface area contributed by atoms with E-state index in [2.05, 4.69) is 187 Å². The van der Waals surface area contributed by atoms with Crippen molar-refractivity contribution in [3.63, 3.8) is 0 Å². The maximum atomic E-state index is 5.51. The fourth-order valence-corrected chi connectivity index (χ4v) is 8.93. The van der Waals surface area contributed by atoms with E-state index >= 15 is 0 Å². The molecule has 0 unspecified atom stereocenters. The fourth-order valence-electron chi connectivity index (χ4n) is 8.93. The Hall–Kier alpha value is -6.52. The van der Waals surface area contributed by atoms with Gasteiger partial charge in [-0.3, -0.25) is 0 Å². The summed E-state index contributed by atoms with van der Waals surface area (Å²) in [4.78, 5) is 18.9. The van der Waals surface area contributed by atoms with Gasteiger partial charge in [-0.15, -0.1) is 0 Å². The van der Waals surface area contributed by atoms with Crippen molar-refractivity contribution in [3.8, 4) is 44.5 Å². The molecule has 8 bridgehead atoms. The summed E-state index contributed by atoms with van der Waals surface area (Å²) in [5.74, 6) is 0. The van der Waals surface area contributed by atoms with Crippen LogP contribution in [0.15, 0.2) is 97.1 Å². The molecule has 5 heterocycles. The topological polar surface area (TPSA) is 57.4 Å². The van der Waals surface area contributed by atoms with Gasteiger partial charge < -0.3 is 9.97 Å². The number of rotatable bonds is 4. The van der Waals surface area contributed by atoms with Crippen molar-refractivity contribution in [2.75, 3.05) is 0 Å². The number of benzene rings is 4. The van der Waals surface area contributed by atoms with Gasteiger partial charge >= 0.3 is 0 Å². The van der Waals surface area contributed by atoms with Crippen molar-refractivity contribution in [1.82, 2.24) is 19.9 Å². The predicted molar refractivity (Wildman–Crippen MR) is 238 cm³/mol. The molecule has 0 atom stereocenters. The first-order valence-electron chi connectivity index (χ1n) is 19.5. The molecule has 2 aliphatic rings. The van der Waals surface area contributed by atoms with Crippen LogP contribution in [0.4, 0.5) is 0 Å². The second-order valence-corrected chi connectivity index (χ2v) is 15.8. The highest BCUT2D eigenvalue weighted by atomic mass is 14.8. The van der Waals surface area contributed by atoms with Crippen LogP contribution in [0.5, 0.6) is 0 Å². The quantitative estimate of drug-likeness (QED) is 0.190. The molecule has 2 aliphatic heterocycles. The van der Waals surface area contributed by atoms with Crippen LogP contribution >= 0.6 is 0 Å². The van der Waals surface area contributed by atoms with E-state index in [1.807, 2.05) is 0 Å². The van der Waals surface area contributed by atoms with Gasteiger partial charge in [0.05, 0.1) is 22.8 Å². The molecule has 0 saturated heterocycles. The molecule has 9 rings (SSSR count). The first-order valence-corrected chi connectivity index (χ1v) is 19.5. The maximum Gasteiger partial charge on any atom is 0.0738 e. The van der Waals surface area contributed by atoms with E-state index in [9.17, 15) is 0 Å². The predicted octanol–water partition coefficient (Wildman–Crippen LogP) is 13.8. The van der Waals surface area contributed by atoms with Crippen LogP contribution in [-0.4, -0.2) is 19.9 Å². The van der Waals surface area contributed by atoms with Crippen molar-refractivity contribution in [2.24, 2.45) is 0 Å². The van der Waals surface area contributed by atoms with Crippen molar-refractivity contribution in [3.05, 3.63) is 164 Å². The van der Waals surface area contributed by atoms with E-state index in [0.29, 0.717) is 0 Å². The third-order valence-electron chi connectivity index (χ3n) is 11.3. The second-order valence-electron chi connectivity index (χ2n) is 15.8. The van der Waals surface area contributed by atoms with E-state index < -0.39 is 0 Å². The summed E-state index contributed by atoms with van der Waals surface area (Å²) in [6.45, 7) is 17.4. The Morgan fingerprint density at radius 2 is 0.607 bits per heavy atom. The molecular weight excluding hydrogens is 681 g/mol. The van der Waals surface area contributed by atoms with Crippen LogP contribution in [-0.2, 0) is 0 Å². The zero-order chi connectivity index (χ0) is 38.8. The van der Waals surface area contributed by atoms with Crippen molar-refractivity contribution in [2.45, 2.75) is 55.4 Å². The summed E-state index contributed by atoms with van der Waals surface area (Å²) >= 11 is 0. The van der Waals surface area contributed by atoms with Gasteiger partial charge in [0.1, 0.15) is 0 Å². The van der Waals surface area contributed by atoms with Gasteiger partial charge in [-0.25, -0.2) is 9.97 Å². The molecule has 4 nitrogen and oxygen atoms in total. The van der Waals surface area contributed by atoms with Crippen LogP contribution in [0, 0.1) is 55.4 Å². The smallest absolute Gasteiger partial charge is 0.0738 e. The van der Waals surface area contributed by atoms with Gasteiger partial charge in [0.25, 0.3) is 0 Å². The van der Waals surface area contributed by atoms with Gasteiger partial charge in [-0.05, 0) is 148 Å². The van der Waals surface area contributed by atoms with E-state index in [1.54, 1.807) is 0 Å². The van der Waals surface area contributed by atoms with Crippen molar-refractivity contribution >= 4 is 46.4 Å². The standard InChI is InChI=1S/C52H46N4/c1-29-9-13-37(14-10-29)49-39-17-21-43(53-39)51(47-33(5)25-31(3)26-34(47)6)45-23-19-41(55-45)50(38-15-11-30(2)12-16-38)42-20-24-46(56-42)52(44-22-18-40(49)54-44)48-35(7)27-32(4)28-36(48)8/h9-28,53,55H,1-8H3. The highest BCUT2D eigenvalue weighted by Gasteiger charge is 2.22. The lowest BCUT2D eigenvalue weighted by Crippen LogP contribution is -1.96. The van der Waals surface area contributed by atoms with Gasteiger partial charge in [0.15, 0.2) is 0 Å². The molecule has 0 radical (unpaired) electrons. The Morgan fingerprint density at radius 1 is 0.304 bits per heavy atom. The number of aromatic amines is 2. The zero-order valence-electron chi connectivity index (χ0n) is 33.4. The molecule has 0 amide bonds. The summed E-state index contributed by atoms with van der Waals surface area (Å²) in [5.41, 5.74) is 26.4. The summed E-state index contributed by atoms with van der Waals surface area (Å²) in [7, 11) is 0. The molecule has 0 aliphatic carbocycles. The van der Waals surface area contributed by atoms with Gasteiger partial charge in [-0.2, -0.15) is 0 Å². The normalized spacial score (nSPS) is 12.1. The molecule has 0 saturated carbocycles. The number of aromatic nitrogens is 4. The number of hydrogen-bond acceptors (Lipinski definition) is 2. The Balaban J connectivity index is 1.51. The molecule has 0 spiro atoms. The van der Waals surface area contributed by atoms with Crippen molar-refractivity contribution in [1.29, 1.82) is 0 Å². The van der Waals surface area contributed by atoms with Gasteiger partial charge in [0.2, 0.25) is 0 Å². The fraction of sp³-hybridized carbons (Fsp3) is 0.154. The SMILES string of the molecule is Cc1ccc(-c2c3nc(c(-c4c(C)cc(C)cc4C)c4nc(c(-c5ccc(C)cc5)c5ccc([nH]5)c(-c5c(C)cc(C)cc5C)c5ccc2[nH]5)C=C4)C=C3)cc1. The number of nitrogens with one attached hydrogen (secondary N) is 2. The Bertz CT molecular complexity index is 2770. The molecular formula is C52H46N4. The molecule has 56 heavy (non-hydrogen) atoms. The lowest BCUT2D eigenvalue weighted by Gasteiger charge is -2.14. The van der Waals surface area contributed by atoms with E-state index in [4.69, 9.17) is 9.97 Å². The third-order valence-corrected chi connectivity index (χ3v) is 11.3. The number of aryl methyl sites for hydroxylation is 8. The van der Waals surface area contributed by atoms with Crippen LogP contribution in [0.2, 0.25) is 0 Å². The summed E-state index contributed by atoms with van der Waals surface area (Å²) in [5, 5.41) is 0. The van der Waals surface area contributed by atoms with Crippen LogP contribution in [0.3, 0.4) is 0 Å². The first kappa shape index (κ1) is 35.2. The number of nitrogens with zero attached hydrogens (tertiary/aromatic N) is 2. The molecule has 274 valence electrons. The summed E-state index contributed by atoms with van der Waals surface area (Å²) < 4.78 is 0. The Kier molecular flexibility index (Phi) is 8.58.